The molecule has 0 aromatic carbocycles. The Balaban J connectivity index is 2.35. The molecule has 1 aliphatic carbocycles. The minimum atomic E-state index is -0.588. The summed E-state index contributed by atoms with van der Waals surface area (Å²) >= 11 is 0. The highest BCUT2D eigenvalue weighted by Gasteiger charge is 2.31. The van der Waals surface area contributed by atoms with E-state index < -0.39 is 11.4 Å². The molecule has 0 atom stereocenters. The van der Waals surface area contributed by atoms with Gasteiger partial charge >= 0.3 is 11.9 Å². The third-order valence-corrected chi connectivity index (χ3v) is 3.20. The van der Waals surface area contributed by atoms with Crippen molar-refractivity contribution in [2.75, 3.05) is 6.61 Å². The van der Waals surface area contributed by atoms with Crippen molar-refractivity contribution >= 4 is 11.9 Å². The van der Waals surface area contributed by atoms with E-state index in [1.165, 1.54) is 6.42 Å². The van der Waals surface area contributed by atoms with E-state index in [0.29, 0.717) is 0 Å². The van der Waals surface area contributed by atoms with Crippen molar-refractivity contribution in [2.24, 2.45) is 5.41 Å². The lowest BCUT2D eigenvalue weighted by atomic mass is 9.86. The maximum absolute atomic E-state index is 11.6. The Hall–Kier alpha value is -1.06. The zero-order valence-electron chi connectivity index (χ0n) is 11.9. The molecule has 0 radical (unpaired) electrons. The predicted octanol–water partition coefficient (Wildman–Crippen LogP) is 2.84. The maximum Gasteiger partial charge on any atom is 0.344 e. The summed E-state index contributed by atoms with van der Waals surface area (Å²) in [6, 6.07) is 0. The van der Waals surface area contributed by atoms with Crippen molar-refractivity contribution in [2.45, 2.75) is 65.4 Å². The number of esters is 2. The summed E-state index contributed by atoms with van der Waals surface area (Å²) in [5.74, 6) is -0.828. The van der Waals surface area contributed by atoms with Gasteiger partial charge in [-0.1, -0.05) is 6.42 Å². The van der Waals surface area contributed by atoms with Crippen LogP contribution in [0.15, 0.2) is 0 Å². The van der Waals surface area contributed by atoms with Crippen LogP contribution in [0.1, 0.15) is 59.8 Å². The van der Waals surface area contributed by atoms with Gasteiger partial charge in [-0.25, -0.2) is 4.79 Å². The fourth-order valence-electron chi connectivity index (χ4n) is 2.05. The lowest BCUT2D eigenvalue weighted by Crippen LogP contribution is -2.36. The number of hydrogen-bond acceptors (Lipinski definition) is 4. The second kappa shape index (κ2) is 5.72. The van der Waals surface area contributed by atoms with Gasteiger partial charge < -0.3 is 9.47 Å². The van der Waals surface area contributed by atoms with Crippen LogP contribution >= 0.6 is 0 Å². The molecule has 0 amide bonds. The SMILES string of the molecule is CC1(OC(=O)COC(=O)C(C)(C)C)CCCCC1. The number of ether oxygens (including phenoxy) is 2. The van der Waals surface area contributed by atoms with E-state index in [4.69, 9.17) is 9.47 Å². The summed E-state index contributed by atoms with van der Waals surface area (Å²) in [6.07, 6.45) is 5.17. The van der Waals surface area contributed by atoms with E-state index in [1.807, 2.05) is 6.92 Å². The zero-order chi connectivity index (χ0) is 13.8. The number of carbonyl (C=O) groups excluding carboxylic acids is 2. The smallest absolute Gasteiger partial charge is 0.344 e. The van der Waals surface area contributed by atoms with Crippen molar-refractivity contribution < 1.29 is 19.1 Å². The third kappa shape index (κ3) is 4.67. The van der Waals surface area contributed by atoms with E-state index in [0.717, 1.165) is 25.7 Å². The van der Waals surface area contributed by atoms with Crippen molar-refractivity contribution in [3.05, 3.63) is 0 Å². The van der Waals surface area contributed by atoms with Crippen molar-refractivity contribution in [1.82, 2.24) is 0 Å². The Kier molecular flexibility index (Phi) is 4.77. The lowest BCUT2D eigenvalue weighted by molar-refractivity contribution is -0.174. The number of rotatable bonds is 3. The number of carbonyl (C=O) groups is 2. The van der Waals surface area contributed by atoms with Gasteiger partial charge in [-0.2, -0.15) is 0 Å². The van der Waals surface area contributed by atoms with Gasteiger partial charge in [0.15, 0.2) is 6.61 Å². The summed E-state index contributed by atoms with van der Waals surface area (Å²) in [5.41, 5.74) is -0.960. The van der Waals surface area contributed by atoms with Gasteiger partial charge in [0.1, 0.15) is 5.60 Å². The molecule has 0 unspecified atom stereocenters. The van der Waals surface area contributed by atoms with Crippen molar-refractivity contribution in [1.29, 1.82) is 0 Å². The molecular weight excluding hydrogens is 232 g/mol. The van der Waals surface area contributed by atoms with Gasteiger partial charge in [0.2, 0.25) is 0 Å². The van der Waals surface area contributed by atoms with Crippen LogP contribution in [0.2, 0.25) is 0 Å². The largest absolute Gasteiger partial charge is 0.457 e. The van der Waals surface area contributed by atoms with Crippen LogP contribution in [-0.4, -0.2) is 24.1 Å². The van der Waals surface area contributed by atoms with E-state index in [1.54, 1.807) is 20.8 Å². The van der Waals surface area contributed by atoms with Gasteiger partial charge in [0.05, 0.1) is 5.41 Å². The first-order valence-corrected chi connectivity index (χ1v) is 6.62. The molecule has 0 saturated heterocycles. The molecule has 0 aromatic rings. The third-order valence-electron chi connectivity index (χ3n) is 3.20. The molecule has 0 aromatic heterocycles. The summed E-state index contributed by atoms with van der Waals surface area (Å²) < 4.78 is 10.4. The van der Waals surface area contributed by atoms with Crippen molar-refractivity contribution in [3.8, 4) is 0 Å². The second-order valence-corrected chi connectivity index (χ2v) is 6.31. The molecule has 1 rings (SSSR count). The Bertz CT molecular complexity index is 308. The van der Waals surface area contributed by atoms with Crippen LogP contribution in [0.3, 0.4) is 0 Å². The molecule has 1 aliphatic rings. The van der Waals surface area contributed by atoms with Crippen LogP contribution in [0.25, 0.3) is 0 Å². The van der Waals surface area contributed by atoms with Crippen LogP contribution in [0, 0.1) is 5.41 Å². The van der Waals surface area contributed by atoms with Crippen LogP contribution in [0.4, 0.5) is 0 Å². The molecular formula is C14H24O4. The Morgan fingerprint density at radius 3 is 2.17 bits per heavy atom. The van der Waals surface area contributed by atoms with Gasteiger partial charge in [0, 0.05) is 0 Å². The molecule has 104 valence electrons. The predicted molar refractivity (Wildman–Crippen MR) is 68.0 cm³/mol. The van der Waals surface area contributed by atoms with Gasteiger partial charge in [-0.05, 0) is 53.4 Å². The second-order valence-electron chi connectivity index (χ2n) is 6.31. The van der Waals surface area contributed by atoms with E-state index in [-0.39, 0.29) is 18.2 Å². The first-order chi connectivity index (χ1) is 8.23. The highest BCUT2D eigenvalue weighted by atomic mass is 16.6. The highest BCUT2D eigenvalue weighted by molar-refractivity contribution is 5.79. The zero-order valence-corrected chi connectivity index (χ0v) is 11.9. The molecule has 1 fully saturated rings. The average molecular weight is 256 g/mol. The molecule has 0 bridgehead atoms. The van der Waals surface area contributed by atoms with Crippen LogP contribution < -0.4 is 0 Å². The van der Waals surface area contributed by atoms with E-state index in [9.17, 15) is 9.59 Å². The van der Waals surface area contributed by atoms with Crippen molar-refractivity contribution in [3.63, 3.8) is 0 Å². The molecule has 0 heterocycles. The fourth-order valence-corrected chi connectivity index (χ4v) is 2.05. The van der Waals surface area contributed by atoms with Gasteiger partial charge in [-0.3, -0.25) is 4.79 Å². The lowest BCUT2D eigenvalue weighted by Gasteiger charge is -2.33. The molecule has 0 N–H and O–H groups in total. The normalized spacial score (nSPS) is 19.1. The fraction of sp³-hybridized carbons (Fsp3) is 0.857. The average Bonchev–Trinajstić information content (AvgIpc) is 2.24. The van der Waals surface area contributed by atoms with Crippen LogP contribution in [-0.2, 0) is 19.1 Å². The van der Waals surface area contributed by atoms with Gasteiger partial charge in [-0.15, -0.1) is 0 Å². The molecule has 1 saturated carbocycles. The maximum atomic E-state index is 11.6. The molecule has 4 heteroatoms. The summed E-state index contributed by atoms with van der Waals surface area (Å²) in [5, 5.41) is 0. The highest BCUT2D eigenvalue weighted by Crippen LogP contribution is 2.31. The number of hydrogen-bond donors (Lipinski definition) is 0. The Labute approximate surface area is 109 Å². The summed E-state index contributed by atoms with van der Waals surface area (Å²) in [6.45, 7) is 6.93. The van der Waals surface area contributed by atoms with Crippen LogP contribution in [0.5, 0.6) is 0 Å². The Morgan fingerprint density at radius 1 is 1.11 bits per heavy atom. The van der Waals surface area contributed by atoms with Gasteiger partial charge in [0.25, 0.3) is 0 Å². The first-order valence-electron chi connectivity index (χ1n) is 6.62. The molecule has 0 aliphatic heterocycles. The quantitative estimate of drug-likeness (QED) is 0.729. The Morgan fingerprint density at radius 2 is 1.67 bits per heavy atom. The summed E-state index contributed by atoms with van der Waals surface area (Å²) in [7, 11) is 0. The summed E-state index contributed by atoms with van der Waals surface area (Å²) in [4.78, 5) is 23.2. The minimum Gasteiger partial charge on any atom is -0.457 e. The van der Waals surface area contributed by atoms with E-state index in [2.05, 4.69) is 0 Å². The standard InChI is InChI=1S/C14H24O4/c1-13(2,3)12(16)17-10-11(15)18-14(4)8-6-5-7-9-14/h5-10H2,1-4H3. The van der Waals surface area contributed by atoms with E-state index >= 15 is 0 Å². The molecule has 4 nitrogen and oxygen atoms in total. The molecule has 0 spiro atoms. The minimum absolute atomic E-state index is 0.286. The topological polar surface area (TPSA) is 52.6 Å². The molecule has 18 heavy (non-hydrogen) atoms. The first kappa shape index (κ1) is 15.0. The monoisotopic (exact) mass is 256 g/mol.